The number of thiophene rings is 3. The fourth-order valence-electron chi connectivity index (χ4n) is 22.5. The van der Waals surface area contributed by atoms with Crippen LogP contribution < -0.4 is 0 Å². The molecule has 0 aliphatic rings. The summed E-state index contributed by atoms with van der Waals surface area (Å²) < 4.78 is 22.6. The zero-order valence-corrected chi connectivity index (χ0v) is 78.2. The highest BCUT2D eigenvalue weighted by Gasteiger charge is 2.26. The molecule has 648 valence electrons. The van der Waals surface area contributed by atoms with Gasteiger partial charge in [0.1, 0.15) is 0 Å². The number of benzene rings is 21. The Morgan fingerprint density at radius 1 is 0.138 bits per heavy atom. The van der Waals surface area contributed by atoms with E-state index in [1.165, 1.54) is 258 Å². The second kappa shape index (κ2) is 31.6. The van der Waals surface area contributed by atoms with Crippen molar-refractivity contribution >= 4 is 225 Å². The number of hydrogen-bond donors (Lipinski definition) is 0. The van der Waals surface area contributed by atoms with E-state index in [9.17, 15) is 0 Å². The van der Waals surface area contributed by atoms with Gasteiger partial charge in [0.2, 0.25) is 0 Å². The third kappa shape index (κ3) is 12.5. The Kier molecular flexibility index (Phi) is 18.2. The molecule has 0 saturated carbocycles. The van der Waals surface area contributed by atoms with Gasteiger partial charge in [-0.3, -0.25) is 0 Å². The molecule has 21 aromatic carbocycles. The largest absolute Gasteiger partial charge is 0.309 e. The summed E-state index contributed by atoms with van der Waals surface area (Å²) in [4.78, 5) is 0. The number of fused-ring (bicyclic) bond motifs is 27. The minimum atomic E-state index is 1.16. The fraction of sp³-hybridized carbons (Fsp3) is 0.0233. The summed E-state index contributed by atoms with van der Waals surface area (Å²) in [6, 6.07) is 167. The van der Waals surface area contributed by atoms with Crippen molar-refractivity contribution in [2.75, 3.05) is 0 Å². The molecule has 9 heteroatoms. The van der Waals surface area contributed by atoms with Gasteiger partial charge in [0.25, 0.3) is 0 Å². The number of aryl methyl sites for hydroxylation is 3. The summed E-state index contributed by atoms with van der Waals surface area (Å²) in [7, 11) is 0. The Bertz CT molecular complexity index is 10100. The van der Waals surface area contributed by atoms with Gasteiger partial charge in [0.15, 0.2) is 0 Å². The van der Waals surface area contributed by atoms with Crippen LogP contribution in [0.1, 0.15) is 16.7 Å². The normalized spacial score (nSPS) is 12.0. The average Bonchev–Trinajstić information content (AvgIpc) is 1.56. The maximum absolute atomic E-state index is 2.44. The Morgan fingerprint density at radius 2 is 0.362 bits per heavy atom. The maximum Gasteiger partial charge on any atom is 0.0562 e. The first-order valence-electron chi connectivity index (χ1n) is 47.3. The van der Waals surface area contributed by atoms with Gasteiger partial charge in [-0.15, -0.1) is 34.0 Å². The quantitative estimate of drug-likeness (QED) is 0.138. The Morgan fingerprint density at radius 3 is 0.688 bits per heavy atom. The lowest BCUT2D eigenvalue weighted by atomic mass is 10.0. The zero-order chi connectivity index (χ0) is 91.1. The van der Waals surface area contributed by atoms with Gasteiger partial charge in [-0.05, 0) is 236 Å². The summed E-state index contributed by atoms with van der Waals surface area (Å²) in [5.41, 5.74) is 33.1. The van der Waals surface area contributed by atoms with Crippen LogP contribution >= 0.6 is 34.0 Å². The van der Waals surface area contributed by atoms with Crippen LogP contribution in [0.15, 0.2) is 455 Å². The number of para-hydroxylation sites is 6. The molecule has 0 unspecified atom stereocenters. The van der Waals surface area contributed by atoms with Gasteiger partial charge in [-0.2, -0.15) is 0 Å². The molecule has 0 amide bonds. The number of rotatable bonds is 9. The highest BCUT2D eigenvalue weighted by Crippen LogP contribution is 2.49. The second-order valence-corrected chi connectivity index (χ2v) is 39.9. The van der Waals surface area contributed by atoms with Crippen molar-refractivity contribution < 1.29 is 0 Å². The van der Waals surface area contributed by atoms with E-state index in [0.29, 0.717) is 0 Å². The van der Waals surface area contributed by atoms with Crippen LogP contribution in [-0.4, -0.2) is 27.4 Å². The van der Waals surface area contributed by atoms with Crippen LogP contribution in [0, 0.1) is 20.8 Å². The molecule has 30 aromatic rings. The molecule has 0 aliphatic heterocycles. The summed E-state index contributed by atoms with van der Waals surface area (Å²) in [5.74, 6) is 0. The van der Waals surface area contributed by atoms with E-state index >= 15 is 0 Å². The van der Waals surface area contributed by atoms with Crippen molar-refractivity contribution in [3.8, 4) is 67.5 Å². The van der Waals surface area contributed by atoms with Gasteiger partial charge < -0.3 is 27.4 Å². The molecule has 0 radical (unpaired) electrons. The smallest absolute Gasteiger partial charge is 0.0562 e. The van der Waals surface area contributed by atoms with E-state index in [4.69, 9.17) is 0 Å². The van der Waals surface area contributed by atoms with E-state index in [0.717, 1.165) is 17.1 Å². The molecule has 0 bridgehead atoms. The molecule has 138 heavy (non-hydrogen) atoms. The van der Waals surface area contributed by atoms with Gasteiger partial charge in [-0.1, -0.05) is 290 Å². The average molecular weight is 1810 g/mol. The van der Waals surface area contributed by atoms with Crippen LogP contribution in [0.25, 0.3) is 259 Å². The summed E-state index contributed by atoms with van der Waals surface area (Å²) in [5, 5.41) is 23.3. The first kappa shape index (κ1) is 79.6. The van der Waals surface area contributed by atoms with Crippen LogP contribution in [0.4, 0.5) is 0 Å². The van der Waals surface area contributed by atoms with Crippen molar-refractivity contribution in [3.63, 3.8) is 0 Å². The predicted molar refractivity (Wildman–Crippen MR) is 595 cm³/mol. The zero-order valence-electron chi connectivity index (χ0n) is 75.7. The van der Waals surface area contributed by atoms with E-state index < -0.39 is 0 Å². The molecule has 9 aromatic heterocycles. The van der Waals surface area contributed by atoms with Crippen LogP contribution in [0.5, 0.6) is 0 Å². The number of aromatic nitrogens is 6. The number of nitrogens with zero attached hydrogens (tertiary/aromatic N) is 6. The maximum atomic E-state index is 2.44. The summed E-state index contributed by atoms with van der Waals surface area (Å²) in [6.45, 7) is 6.54. The fourth-order valence-corrected chi connectivity index (χ4v) is 26.2. The summed E-state index contributed by atoms with van der Waals surface area (Å²) >= 11 is 5.65. The highest BCUT2D eigenvalue weighted by molar-refractivity contribution is 7.27. The minimum Gasteiger partial charge on any atom is -0.309 e. The first-order chi connectivity index (χ1) is 68.2. The molecule has 30 rings (SSSR count). The first-order valence-corrected chi connectivity index (χ1v) is 49.8. The third-order valence-corrected chi connectivity index (χ3v) is 32.4. The predicted octanol–water partition coefficient (Wildman–Crippen LogP) is 36.7. The Hall–Kier alpha value is -16.9. The topological polar surface area (TPSA) is 29.6 Å². The molecule has 6 nitrogen and oxygen atoms in total. The van der Waals surface area contributed by atoms with Gasteiger partial charge in [0.05, 0.1) is 66.2 Å². The minimum absolute atomic E-state index is 1.16. The Balaban J connectivity index is 0.000000102. The highest BCUT2D eigenvalue weighted by atomic mass is 32.1. The van der Waals surface area contributed by atoms with E-state index in [1.54, 1.807) is 0 Å². The molecule has 0 atom stereocenters. The Labute approximate surface area is 806 Å². The molecule has 0 aliphatic carbocycles. The van der Waals surface area contributed by atoms with Crippen molar-refractivity contribution in [2.24, 2.45) is 0 Å². The molecular formula is C129H84N6S3. The van der Waals surface area contributed by atoms with Gasteiger partial charge >= 0.3 is 0 Å². The molecule has 0 fully saturated rings. The molecule has 9 heterocycles. The van der Waals surface area contributed by atoms with Crippen LogP contribution in [0.2, 0.25) is 0 Å². The van der Waals surface area contributed by atoms with Crippen LogP contribution in [0.3, 0.4) is 0 Å². The van der Waals surface area contributed by atoms with Gasteiger partial charge in [-0.25, -0.2) is 0 Å². The number of hydrogen-bond acceptors (Lipinski definition) is 3. The van der Waals surface area contributed by atoms with Crippen LogP contribution in [-0.2, 0) is 0 Å². The standard InChI is InChI=1S/3C43H28N2S/c1-27-18-23-33-37-25-36-32-12-5-7-16-38(32)44(40(36)26-41(37)45(39(33)24-27)29-10-3-2-4-11-29)30-21-19-28(20-22-30)31-14-9-15-35-34-13-6-8-17-42(34)46-43(31)35;1-27-18-23-39-35(24-27)37-25-36-32-12-5-7-16-38(32)45(40(36)26-41(37)44(39)29-10-3-2-4-11-29)30-21-19-28(20-22-30)31-14-9-15-34-33-13-6-8-17-42(33)46-43(31)34;1-27-18-23-39-35(24-27)37-25-36-32-12-5-7-16-38(32)44(29-10-3-2-4-11-29)40(36)26-41(37)45(39)30-21-19-28(20-22-30)31-14-9-15-34-33-13-6-8-17-42(33)46-43(31)34/h3*2-26H,1H3. The molecular weight excluding hydrogens is 1730 g/mol. The van der Waals surface area contributed by atoms with E-state index in [1.807, 2.05) is 34.0 Å². The SMILES string of the molecule is Cc1ccc2c(c1)c1cc3c4ccccc4n(-c4ccc(-c5cccc6c5sc5ccccc56)cc4)c3cc1n2-c1ccccc1.Cc1ccc2c(c1)c1cc3c4ccccc4n(-c4ccccc4)c3cc1n2-c1ccc(-c2cccc3c2sc2ccccc23)cc1.Cc1ccc2c3cc4c5ccccc5n(-c5ccc(-c6cccc7c6sc6ccccc67)cc5)c4cc3n(-c3ccccc3)c2c1. The van der Waals surface area contributed by atoms with Crippen molar-refractivity contribution in [3.05, 3.63) is 472 Å². The lowest BCUT2D eigenvalue weighted by molar-refractivity contribution is 1.16. The van der Waals surface area contributed by atoms with Crippen molar-refractivity contribution in [2.45, 2.75) is 20.8 Å². The van der Waals surface area contributed by atoms with E-state index in [2.05, 4.69) is 503 Å². The lowest BCUT2D eigenvalue weighted by Gasteiger charge is -2.11. The third-order valence-electron chi connectivity index (χ3n) is 28.7. The van der Waals surface area contributed by atoms with E-state index in [-0.39, 0.29) is 0 Å². The molecule has 0 saturated heterocycles. The van der Waals surface area contributed by atoms with Crippen molar-refractivity contribution in [1.29, 1.82) is 0 Å². The molecule has 0 N–H and O–H groups in total. The second-order valence-electron chi connectivity index (χ2n) is 36.8. The van der Waals surface area contributed by atoms with Gasteiger partial charge in [0, 0.05) is 159 Å². The van der Waals surface area contributed by atoms with Crippen molar-refractivity contribution in [1.82, 2.24) is 27.4 Å². The summed E-state index contributed by atoms with van der Waals surface area (Å²) in [6.07, 6.45) is 0. The molecule has 0 spiro atoms. The lowest BCUT2D eigenvalue weighted by Crippen LogP contribution is -1.96. The monoisotopic (exact) mass is 1810 g/mol.